The van der Waals surface area contributed by atoms with Crippen LogP contribution in [0, 0.1) is 18.8 Å². The summed E-state index contributed by atoms with van der Waals surface area (Å²) < 4.78 is 5.44. The molecule has 5 nitrogen and oxygen atoms in total. The zero-order valence-electron chi connectivity index (χ0n) is 15.2. The zero-order chi connectivity index (χ0) is 18.2. The van der Waals surface area contributed by atoms with Crippen LogP contribution < -0.4 is 4.74 Å². The Hall–Kier alpha value is -2.04. The van der Waals surface area contributed by atoms with Crippen molar-refractivity contribution in [2.75, 3.05) is 20.2 Å². The first-order chi connectivity index (χ1) is 11.9. The Morgan fingerprint density at radius 1 is 1.28 bits per heavy atom. The Morgan fingerprint density at radius 2 is 2.00 bits per heavy atom. The molecule has 0 bridgehead atoms. The van der Waals surface area contributed by atoms with E-state index in [-0.39, 0.29) is 11.8 Å². The Morgan fingerprint density at radius 3 is 2.56 bits per heavy atom. The van der Waals surface area contributed by atoms with Gasteiger partial charge in [0.05, 0.1) is 18.4 Å². The first-order valence-corrected chi connectivity index (χ1v) is 9.04. The highest BCUT2D eigenvalue weighted by molar-refractivity contribution is 5.90. The maximum absolute atomic E-state index is 13.4. The molecule has 0 aromatic heterocycles. The number of carboxylic acid groups (broad SMARTS) is 1. The van der Waals surface area contributed by atoms with Gasteiger partial charge in [-0.05, 0) is 49.3 Å². The van der Waals surface area contributed by atoms with Crippen LogP contribution in [0.5, 0.6) is 5.75 Å². The van der Waals surface area contributed by atoms with Crippen molar-refractivity contribution in [2.45, 2.75) is 44.9 Å². The van der Waals surface area contributed by atoms with Gasteiger partial charge in [-0.2, -0.15) is 0 Å². The number of aryl methyl sites for hydroxylation is 1. The summed E-state index contributed by atoms with van der Waals surface area (Å²) >= 11 is 0. The smallest absolute Gasteiger partial charge is 0.308 e. The lowest BCUT2D eigenvalue weighted by Crippen LogP contribution is -2.55. The number of ether oxygens (including phenoxy) is 1. The zero-order valence-corrected chi connectivity index (χ0v) is 15.2. The van der Waals surface area contributed by atoms with Crippen LogP contribution in [0.25, 0.3) is 0 Å². The molecule has 0 spiro atoms. The quantitative estimate of drug-likeness (QED) is 0.911. The number of aliphatic carboxylic acids is 1. The second kappa shape index (κ2) is 6.70. The number of nitrogens with zero attached hydrogens (tertiary/aromatic N) is 1. The Bertz CT molecular complexity index is 680. The van der Waals surface area contributed by atoms with E-state index in [0.29, 0.717) is 19.5 Å². The summed E-state index contributed by atoms with van der Waals surface area (Å²) in [6.45, 7) is 4.98. The summed E-state index contributed by atoms with van der Waals surface area (Å²) in [5, 5.41) is 9.39. The van der Waals surface area contributed by atoms with Crippen LogP contribution in [0.1, 0.15) is 43.7 Å². The summed E-state index contributed by atoms with van der Waals surface area (Å²) in [6.07, 6.45) is 3.31. The fourth-order valence-electron chi connectivity index (χ4n) is 4.27. The third kappa shape index (κ3) is 3.12. The van der Waals surface area contributed by atoms with Gasteiger partial charge in [0, 0.05) is 13.1 Å². The summed E-state index contributed by atoms with van der Waals surface area (Å²) in [7, 11) is 1.64. The number of amides is 1. The number of benzene rings is 1. The average Bonchev–Trinajstić information content (AvgIpc) is 2.54. The van der Waals surface area contributed by atoms with E-state index in [0.717, 1.165) is 36.1 Å². The third-order valence-electron chi connectivity index (χ3n) is 5.87. The van der Waals surface area contributed by atoms with E-state index in [2.05, 4.69) is 0 Å². The maximum Gasteiger partial charge on any atom is 0.308 e. The summed E-state index contributed by atoms with van der Waals surface area (Å²) in [5.74, 6) is -0.167. The third-order valence-corrected chi connectivity index (χ3v) is 5.87. The molecule has 2 unspecified atom stereocenters. The van der Waals surface area contributed by atoms with Crippen LogP contribution >= 0.6 is 0 Å². The van der Waals surface area contributed by atoms with Crippen LogP contribution in [0.15, 0.2) is 18.2 Å². The highest BCUT2D eigenvalue weighted by Gasteiger charge is 2.49. The highest BCUT2D eigenvalue weighted by Crippen LogP contribution is 2.47. The normalized spacial score (nSPS) is 25.2. The second-order valence-corrected chi connectivity index (χ2v) is 7.71. The Balaban J connectivity index is 1.89. The molecule has 2 aliphatic rings. The van der Waals surface area contributed by atoms with Gasteiger partial charge in [0.2, 0.25) is 5.91 Å². The van der Waals surface area contributed by atoms with Crippen molar-refractivity contribution in [3.63, 3.8) is 0 Å². The minimum absolute atomic E-state index is 0.0856. The molecule has 1 aromatic rings. The van der Waals surface area contributed by atoms with Gasteiger partial charge in [-0.25, -0.2) is 0 Å². The lowest BCUT2D eigenvalue weighted by atomic mass is 9.63. The van der Waals surface area contributed by atoms with Crippen LogP contribution in [-0.4, -0.2) is 42.1 Å². The van der Waals surface area contributed by atoms with Gasteiger partial charge in [0.25, 0.3) is 0 Å². The van der Waals surface area contributed by atoms with E-state index < -0.39 is 17.3 Å². The minimum atomic E-state index is -0.802. The SMILES string of the molecule is COc1cc(C2(C(=O)N3CC(C)CC(C(=O)O)C3)CCC2)ccc1C. The Kier molecular flexibility index (Phi) is 4.76. The monoisotopic (exact) mass is 345 g/mol. The molecule has 1 amide bonds. The number of rotatable bonds is 4. The van der Waals surface area contributed by atoms with Crippen molar-refractivity contribution >= 4 is 11.9 Å². The number of piperidine rings is 1. The fourth-order valence-corrected chi connectivity index (χ4v) is 4.27. The highest BCUT2D eigenvalue weighted by atomic mass is 16.5. The topological polar surface area (TPSA) is 66.8 Å². The van der Waals surface area contributed by atoms with Crippen LogP contribution in [0.3, 0.4) is 0 Å². The number of carboxylic acids is 1. The second-order valence-electron chi connectivity index (χ2n) is 7.71. The lowest BCUT2D eigenvalue weighted by Gasteiger charge is -2.46. The molecule has 2 fully saturated rings. The maximum atomic E-state index is 13.4. The summed E-state index contributed by atoms with van der Waals surface area (Å²) in [4.78, 5) is 26.6. The van der Waals surface area contributed by atoms with Gasteiger partial charge in [-0.3, -0.25) is 9.59 Å². The summed E-state index contributed by atoms with van der Waals surface area (Å²) in [5.41, 5.74) is 1.53. The van der Waals surface area contributed by atoms with E-state index in [1.807, 2.05) is 32.0 Å². The van der Waals surface area contributed by atoms with E-state index in [1.165, 1.54) is 0 Å². The predicted molar refractivity (Wildman–Crippen MR) is 94.7 cm³/mol. The van der Waals surface area contributed by atoms with Gasteiger partial charge in [0.1, 0.15) is 5.75 Å². The summed E-state index contributed by atoms with van der Waals surface area (Å²) in [6, 6.07) is 6.01. The Labute approximate surface area is 149 Å². The molecule has 1 saturated carbocycles. The molecule has 1 aliphatic heterocycles. The molecule has 1 saturated heterocycles. The molecule has 25 heavy (non-hydrogen) atoms. The molecule has 3 rings (SSSR count). The molecule has 136 valence electrons. The van der Waals surface area contributed by atoms with Gasteiger partial charge in [-0.1, -0.05) is 25.5 Å². The number of carbonyl (C=O) groups excluding carboxylic acids is 1. The van der Waals surface area contributed by atoms with Crippen molar-refractivity contribution < 1.29 is 19.4 Å². The molecule has 1 aromatic carbocycles. The number of methoxy groups -OCH3 is 1. The average molecular weight is 345 g/mol. The standard InChI is InChI=1S/C20H27NO4/c1-13-9-15(18(22)23)12-21(11-13)19(24)20(7-4-8-20)16-6-5-14(2)17(10-16)25-3/h5-6,10,13,15H,4,7-9,11-12H2,1-3H3,(H,22,23). The number of hydrogen-bond acceptors (Lipinski definition) is 3. The van der Waals surface area contributed by atoms with Gasteiger partial charge in [0.15, 0.2) is 0 Å². The first-order valence-electron chi connectivity index (χ1n) is 9.04. The molecule has 5 heteroatoms. The number of hydrogen-bond donors (Lipinski definition) is 1. The minimum Gasteiger partial charge on any atom is -0.496 e. The van der Waals surface area contributed by atoms with Crippen LogP contribution in [0.2, 0.25) is 0 Å². The number of carbonyl (C=O) groups is 2. The van der Waals surface area contributed by atoms with E-state index in [1.54, 1.807) is 12.0 Å². The fraction of sp³-hybridized carbons (Fsp3) is 0.600. The molecule has 1 aliphatic carbocycles. The van der Waals surface area contributed by atoms with Crippen LogP contribution in [0.4, 0.5) is 0 Å². The van der Waals surface area contributed by atoms with Gasteiger partial charge < -0.3 is 14.7 Å². The lowest BCUT2D eigenvalue weighted by molar-refractivity contribution is -0.150. The molecular formula is C20H27NO4. The molecule has 0 radical (unpaired) electrons. The van der Waals surface area contributed by atoms with Gasteiger partial charge in [-0.15, -0.1) is 0 Å². The van der Waals surface area contributed by atoms with E-state index in [4.69, 9.17) is 4.74 Å². The molecule has 1 heterocycles. The largest absolute Gasteiger partial charge is 0.496 e. The van der Waals surface area contributed by atoms with E-state index >= 15 is 0 Å². The van der Waals surface area contributed by atoms with E-state index in [9.17, 15) is 14.7 Å². The molecular weight excluding hydrogens is 318 g/mol. The molecule has 1 N–H and O–H groups in total. The predicted octanol–water partition coefficient (Wildman–Crippen LogP) is 2.99. The van der Waals surface area contributed by atoms with Crippen molar-refractivity contribution in [3.8, 4) is 5.75 Å². The first kappa shape index (κ1) is 17.8. The van der Waals surface area contributed by atoms with Gasteiger partial charge >= 0.3 is 5.97 Å². The van der Waals surface area contributed by atoms with Crippen molar-refractivity contribution in [1.29, 1.82) is 0 Å². The molecule has 2 atom stereocenters. The van der Waals surface area contributed by atoms with Crippen molar-refractivity contribution in [2.24, 2.45) is 11.8 Å². The van der Waals surface area contributed by atoms with Crippen molar-refractivity contribution in [3.05, 3.63) is 29.3 Å². The van der Waals surface area contributed by atoms with Crippen molar-refractivity contribution in [1.82, 2.24) is 4.90 Å². The number of likely N-dealkylation sites (tertiary alicyclic amines) is 1. The van der Waals surface area contributed by atoms with Crippen LogP contribution in [-0.2, 0) is 15.0 Å².